The van der Waals surface area contributed by atoms with Crippen molar-refractivity contribution >= 4 is 34.8 Å². The third-order valence-electron chi connectivity index (χ3n) is 4.44. The Kier molecular flexibility index (Phi) is 6.66. The summed E-state index contributed by atoms with van der Waals surface area (Å²) in [7, 11) is 0. The molecule has 1 aliphatic heterocycles. The monoisotopic (exact) mass is 391 g/mol. The van der Waals surface area contributed by atoms with E-state index in [2.05, 4.69) is 27.0 Å². The maximum Gasteiger partial charge on any atom is 0.251 e. The molecule has 3 rings (SSSR count). The van der Waals surface area contributed by atoms with Crippen molar-refractivity contribution in [3.05, 3.63) is 57.2 Å². The molecule has 0 bridgehead atoms. The lowest BCUT2D eigenvalue weighted by molar-refractivity contribution is -0.132. The molecule has 0 radical (unpaired) electrons. The second-order valence-corrected chi connectivity index (χ2v) is 7.52. The van der Waals surface area contributed by atoms with Crippen LogP contribution in [0.25, 0.3) is 0 Å². The number of nitrogens with one attached hydrogen (secondary N) is 1. The van der Waals surface area contributed by atoms with Gasteiger partial charge in [0.1, 0.15) is 0 Å². The number of halogens is 1. The third kappa shape index (κ3) is 5.30. The minimum absolute atomic E-state index is 0.0941. The first-order chi connectivity index (χ1) is 12.6. The normalized spacial score (nSPS) is 15.0. The Bertz CT molecular complexity index is 726. The van der Waals surface area contributed by atoms with E-state index in [0.29, 0.717) is 23.6 Å². The van der Waals surface area contributed by atoms with Crippen LogP contribution >= 0.6 is 22.9 Å². The molecule has 2 amide bonds. The molecule has 1 aromatic carbocycles. The highest BCUT2D eigenvalue weighted by molar-refractivity contribution is 7.07. The van der Waals surface area contributed by atoms with Gasteiger partial charge >= 0.3 is 0 Å². The minimum Gasteiger partial charge on any atom is -0.352 e. The highest BCUT2D eigenvalue weighted by Crippen LogP contribution is 2.12. The molecule has 7 heteroatoms. The molecule has 0 aliphatic carbocycles. The summed E-state index contributed by atoms with van der Waals surface area (Å²) < 4.78 is 0. The van der Waals surface area contributed by atoms with E-state index in [1.807, 2.05) is 4.90 Å². The van der Waals surface area contributed by atoms with Crippen LogP contribution in [0.15, 0.2) is 41.1 Å². The van der Waals surface area contributed by atoms with Crippen molar-refractivity contribution in [2.75, 3.05) is 32.7 Å². The molecule has 1 fully saturated rings. The molecule has 0 atom stereocenters. The first-order valence-electron chi connectivity index (χ1n) is 8.67. The molecule has 5 nitrogen and oxygen atoms in total. The Morgan fingerprint density at radius 1 is 1.08 bits per heavy atom. The first kappa shape index (κ1) is 18.9. The van der Waals surface area contributed by atoms with E-state index in [1.54, 1.807) is 35.6 Å². The maximum absolute atomic E-state index is 12.3. The second kappa shape index (κ2) is 9.16. The van der Waals surface area contributed by atoms with Crippen LogP contribution < -0.4 is 5.32 Å². The highest BCUT2D eigenvalue weighted by Gasteiger charge is 2.21. The van der Waals surface area contributed by atoms with Crippen molar-refractivity contribution in [3.8, 4) is 0 Å². The van der Waals surface area contributed by atoms with Gasteiger partial charge in [-0.25, -0.2) is 0 Å². The molecule has 0 saturated carbocycles. The first-order valence-corrected chi connectivity index (χ1v) is 9.99. The van der Waals surface area contributed by atoms with Crippen molar-refractivity contribution in [1.82, 2.24) is 15.1 Å². The molecule has 1 aromatic heterocycles. The number of nitrogens with zero attached hydrogens (tertiary/aromatic N) is 2. The van der Waals surface area contributed by atoms with Gasteiger partial charge in [-0.1, -0.05) is 11.6 Å². The Morgan fingerprint density at radius 2 is 1.81 bits per heavy atom. The lowest BCUT2D eigenvalue weighted by atomic mass is 10.2. The Balaban J connectivity index is 1.36. The lowest BCUT2D eigenvalue weighted by Crippen LogP contribution is -2.48. The van der Waals surface area contributed by atoms with Gasteiger partial charge in [-0.2, -0.15) is 11.3 Å². The standard InChI is InChI=1S/C19H22ClN3O2S/c20-17-3-1-16(2-4-17)19(25)21-7-5-18(24)23-10-8-22(9-11-23)13-15-6-12-26-14-15/h1-4,6,12,14H,5,7-11,13H2,(H,21,25). The second-order valence-electron chi connectivity index (χ2n) is 6.30. The highest BCUT2D eigenvalue weighted by atomic mass is 35.5. The van der Waals surface area contributed by atoms with Gasteiger partial charge in [0.05, 0.1) is 0 Å². The van der Waals surface area contributed by atoms with Crippen LogP contribution in [0.3, 0.4) is 0 Å². The molecule has 0 spiro atoms. The van der Waals surface area contributed by atoms with Gasteiger partial charge in [-0.15, -0.1) is 0 Å². The topological polar surface area (TPSA) is 52.7 Å². The van der Waals surface area contributed by atoms with E-state index in [9.17, 15) is 9.59 Å². The number of rotatable bonds is 6. The van der Waals surface area contributed by atoms with Gasteiger partial charge in [0.25, 0.3) is 5.91 Å². The van der Waals surface area contributed by atoms with Crippen LogP contribution in [-0.4, -0.2) is 54.3 Å². The van der Waals surface area contributed by atoms with Crippen molar-refractivity contribution in [1.29, 1.82) is 0 Å². The Labute approximate surface area is 162 Å². The number of hydrogen-bond acceptors (Lipinski definition) is 4. The van der Waals surface area contributed by atoms with Crippen molar-refractivity contribution in [3.63, 3.8) is 0 Å². The minimum atomic E-state index is -0.185. The van der Waals surface area contributed by atoms with Crippen LogP contribution in [0.2, 0.25) is 5.02 Å². The summed E-state index contributed by atoms with van der Waals surface area (Å²) in [6, 6.07) is 8.85. The van der Waals surface area contributed by atoms with Gasteiger partial charge in [0.15, 0.2) is 0 Å². The number of carbonyl (C=O) groups excluding carboxylic acids is 2. The van der Waals surface area contributed by atoms with Gasteiger partial charge < -0.3 is 10.2 Å². The van der Waals surface area contributed by atoms with Crippen LogP contribution in [0, 0.1) is 0 Å². The molecule has 1 N–H and O–H groups in total. The summed E-state index contributed by atoms with van der Waals surface area (Å²) in [5.74, 6) is -0.0911. The lowest BCUT2D eigenvalue weighted by Gasteiger charge is -2.34. The summed E-state index contributed by atoms with van der Waals surface area (Å²) in [5.41, 5.74) is 1.88. The quantitative estimate of drug-likeness (QED) is 0.823. The van der Waals surface area contributed by atoms with Crippen molar-refractivity contribution in [2.24, 2.45) is 0 Å². The number of piperazine rings is 1. The Hall–Kier alpha value is -1.89. The van der Waals surface area contributed by atoms with Gasteiger partial charge in [0.2, 0.25) is 5.91 Å². The number of hydrogen-bond donors (Lipinski definition) is 1. The van der Waals surface area contributed by atoms with Crippen LogP contribution in [-0.2, 0) is 11.3 Å². The summed E-state index contributed by atoms with van der Waals surface area (Å²) in [6.07, 6.45) is 0.323. The molecule has 2 heterocycles. The van der Waals surface area contributed by atoms with Crippen molar-refractivity contribution in [2.45, 2.75) is 13.0 Å². The zero-order valence-corrected chi connectivity index (χ0v) is 16.1. The SMILES string of the molecule is O=C(NCCC(=O)N1CCN(Cc2ccsc2)CC1)c1ccc(Cl)cc1. The number of benzene rings is 1. The van der Waals surface area contributed by atoms with Crippen LogP contribution in [0.1, 0.15) is 22.3 Å². The fourth-order valence-electron chi connectivity index (χ4n) is 2.94. The zero-order chi connectivity index (χ0) is 18.4. The fourth-order valence-corrected chi connectivity index (χ4v) is 3.73. The summed E-state index contributed by atoms with van der Waals surface area (Å²) in [6.45, 7) is 4.55. The molecule has 138 valence electrons. The molecule has 1 aliphatic rings. The van der Waals surface area contributed by atoms with E-state index in [0.717, 1.165) is 32.7 Å². The smallest absolute Gasteiger partial charge is 0.251 e. The van der Waals surface area contributed by atoms with Crippen LogP contribution in [0.4, 0.5) is 0 Å². The number of amides is 2. The van der Waals surface area contributed by atoms with E-state index >= 15 is 0 Å². The zero-order valence-electron chi connectivity index (χ0n) is 14.5. The van der Waals surface area contributed by atoms with Gasteiger partial charge in [0, 0.05) is 56.3 Å². The number of carbonyl (C=O) groups is 2. The maximum atomic E-state index is 12.3. The third-order valence-corrected chi connectivity index (χ3v) is 5.43. The molecule has 26 heavy (non-hydrogen) atoms. The van der Waals surface area contributed by atoms with E-state index in [4.69, 9.17) is 11.6 Å². The van der Waals surface area contributed by atoms with Crippen molar-refractivity contribution < 1.29 is 9.59 Å². The van der Waals surface area contributed by atoms with E-state index in [1.165, 1.54) is 5.56 Å². The Morgan fingerprint density at radius 3 is 2.46 bits per heavy atom. The summed E-state index contributed by atoms with van der Waals surface area (Å²) in [4.78, 5) is 28.6. The predicted octanol–water partition coefficient (Wildman–Crippen LogP) is 2.87. The molecule has 2 aromatic rings. The molecule has 1 saturated heterocycles. The molecular formula is C19H22ClN3O2S. The molecular weight excluding hydrogens is 370 g/mol. The summed E-state index contributed by atoms with van der Waals surface area (Å²) >= 11 is 7.52. The van der Waals surface area contributed by atoms with E-state index in [-0.39, 0.29) is 11.8 Å². The van der Waals surface area contributed by atoms with Crippen LogP contribution in [0.5, 0.6) is 0 Å². The fraction of sp³-hybridized carbons (Fsp3) is 0.368. The van der Waals surface area contributed by atoms with Gasteiger partial charge in [-0.05, 0) is 46.7 Å². The summed E-state index contributed by atoms with van der Waals surface area (Å²) in [5, 5.41) is 7.64. The molecule has 0 unspecified atom stereocenters. The predicted molar refractivity (Wildman–Crippen MR) is 105 cm³/mol. The largest absolute Gasteiger partial charge is 0.352 e. The average molecular weight is 392 g/mol. The average Bonchev–Trinajstić information content (AvgIpc) is 3.15. The van der Waals surface area contributed by atoms with E-state index < -0.39 is 0 Å². The number of thiophene rings is 1. The van der Waals surface area contributed by atoms with Gasteiger partial charge in [-0.3, -0.25) is 14.5 Å².